The largest absolute Gasteiger partial charge is 0.321 e. The number of hydrogen-bond acceptors (Lipinski definition) is 3. The Kier molecular flexibility index (Phi) is 5.84. The highest BCUT2D eigenvalue weighted by Gasteiger charge is 2.33. The second-order valence-electron chi connectivity index (χ2n) is 8.13. The fraction of sp³-hybridized carbons (Fsp3) is 0.375. The van der Waals surface area contributed by atoms with Gasteiger partial charge in [-0.15, -0.1) is 0 Å². The molecule has 4 rings (SSSR count). The summed E-state index contributed by atoms with van der Waals surface area (Å²) in [4.78, 5) is 32.2. The summed E-state index contributed by atoms with van der Waals surface area (Å²) in [5, 5.41) is 5.58. The minimum Gasteiger partial charge on any atom is -0.311 e. The van der Waals surface area contributed by atoms with Crippen molar-refractivity contribution in [1.82, 2.24) is 5.32 Å². The smallest absolute Gasteiger partial charge is 0.311 e. The molecule has 1 atom stereocenters. The number of benzodiazepines with no additional fused rings is 1. The first-order valence-corrected chi connectivity index (χ1v) is 10.6. The van der Waals surface area contributed by atoms with Gasteiger partial charge in [0.05, 0.1) is 11.4 Å². The van der Waals surface area contributed by atoms with Gasteiger partial charge in [-0.25, -0.2) is 4.79 Å². The van der Waals surface area contributed by atoms with E-state index in [1.807, 2.05) is 55.5 Å². The van der Waals surface area contributed by atoms with Crippen LogP contribution in [0.25, 0.3) is 0 Å². The lowest BCUT2D eigenvalue weighted by molar-refractivity contribution is -0.119. The summed E-state index contributed by atoms with van der Waals surface area (Å²) in [5.41, 5.74) is 4.55. The molecule has 2 aliphatic rings. The number of anilines is 2. The Labute approximate surface area is 177 Å². The molecule has 0 bridgehead atoms. The molecule has 1 aliphatic heterocycles. The number of para-hydroxylation sites is 1. The molecular formula is C24H28N4O2. The lowest BCUT2D eigenvalue weighted by atomic mass is 9.83. The van der Waals surface area contributed by atoms with E-state index in [0.29, 0.717) is 11.6 Å². The molecule has 3 amide bonds. The third-order valence-corrected chi connectivity index (χ3v) is 5.94. The number of nitrogens with zero attached hydrogens (tertiary/aromatic N) is 2. The molecule has 0 saturated heterocycles. The molecule has 0 spiro atoms. The molecule has 1 aliphatic carbocycles. The summed E-state index contributed by atoms with van der Waals surface area (Å²) in [7, 11) is 1.74. The van der Waals surface area contributed by atoms with Crippen LogP contribution in [0.3, 0.4) is 0 Å². The number of carbonyl (C=O) groups is 2. The predicted molar refractivity (Wildman–Crippen MR) is 120 cm³/mol. The van der Waals surface area contributed by atoms with E-state index < -0.39 is 12.2 Å². The van der Waals surface area contributed by atoms with Crippen LogP contribution in [0.1, 0.15) is 43.2 Å². The Morgan fingerprint density at radius 3 is 2.47 bits per heavy atom. The molecule has 2 aromatic carbocycles. The quantitative estimate of drug-likeness (QED) is 0.791. The van der Waals surface area contributed by atoms with Crippen molar-refractivity contribution in [3.8, 4) is 0 Å². The van der Waals surface area contributed by atoms with E-state index in [9.17, 15) is 9.59 Å². The van der Waals surface area contributed by atoms with Gasteiger partial charge in [-0.1, -0.05) is 55.2 Å². The van der Waals surface area contributed by atoms with E-state index in [0.717, 1.165) is 35.4 Å². The van der Waals surface area contributed by atoms with Gasteiger partial charge in [0, 0.05) is 24.2 Å². The maximum Gasteiger partial charge on any atom is 0.321 e. The molecule has 1 heterocycles. The molecule has 0 unspecified atom stereocenters. The van der Waals surface area contributed by atoms with Gasteiger partial charge in [0.15, 0.2) is 0 Å². The number of amides is 3. The minimum atomic E-state index is -0.954. The van der Waals surface area contributed by atoms with Crippen molar-refractivity contribution in [2.45, 2.75) is 45.2 Å². The van der Waals surface area contributed by atoms with Gasteiger partial charge >= 0.3 is 6.03 Å². The first-order chi connectivity index (χ1) is 14.5. The fourth-order valence-electron chi connectivity index (χ4n) is 4.27. The molecule has 1 saturated carbocycles. The number of benzene rings is 2. The van der Waals surface area contributed by atoms with Gasteiger partial charge < -0.3 is 15.5 Å². The summed E-state index contributed by atoms with van der Waals surface area (Å²) in [6, 6.07) is 15.0. The van der Waals surface area contributed by atoms with Crippen molar-refractivity contribution in [1.29, 1.82) is 0 Å². The molecule has 6 heteroatoms. The fourth-order valence-corrected chi connectivity index (χ4v) is 4.27. The molecule has 2 N–H and O–H groups in total. The summed E-state index contributed by atoms with van der Waals surface area (Å²) < 4.78 is 0. The van der Waals surface area contributed by atoms with Gasteiger partial charge in [-0.05, 0) is 38.0 Å². The van der Waals surface area contributed by atoms with Crippen LogP contribution in [0.4, 0.5) is 16.2 Å². The van der Waals surface area contributed by atoms with E-state index in [2.05, 4.69) is 10.6 Å². The van der Waals surface area contributed by atoms with Gasteiger partial charge in [0.25, 0.3) is 5.91 Å². The zero-order valence-corrected chi connectivity index (χ0v) is 17.5. The number of rotatable bonds is 3. The van der Waals surface area contributed by atoms with E-state index in [1.165, 1.54) is 19.3 Å². The van der Waals surface area contributed by atoms with Crippen molar-refractivity contribution < 1.29 is 9.59 Å². The molecule has 1 fully saturated rings. The van der Waals surface area contributed by atoms with E-state index in [-0.39, 0.29) is 5.91 Å². The van der Waals surface area contributed by atoms with Crippen molar-refractivity contribution in [3.63, 3.8) is 0 Å². The van der Waals surface area contributed by atoms with Gasteiger partial charge in [0.1, 0.15) is 0 Å². The Balaban J connectivity index is 1.62. The third kappa shape index (κ3) is 4.22. The van der Waals surface area contributed by atoms with Crippen LogP contribution >= 0.6 is 0 Å². The zero-order chi connectivity index (χ0) is 21.1. The highest BCUT2D eigenvalue weighted by Crippen LogP contribution is 2.33. The number of aliphatic imine (C=N–C) groups is 1. The van der Waals surface area contributed by atoms with E-state index >= 15 is 0 Å². The molecule has 156 valence electrons. The highest BCUT2D eigenvalue weighted by atomic mass is 16.2. The first-order valence-electron chi connectivity index (χ1n) is 10.6. The Morgan fingerprint density at radius 1 is 1.03 bits per heavy atom. The third-order valence-electron chi connectivity index (χ3n) is 5.94. The monoisotopic (exact) mass is 404 g/mol. The Hall–Kier alpha value is -3.15. The van der Waals surface area contributed by atoms with Crippen molar-refractivity contribution in [2.75, 3.05) is 17.3 Å². The maximum atomic E-state index is 13.1. The molecule has 0 aromatic heterocycles. The Bertz CT molecular complexity index is 961. The van der Waals surface area contributed by atoms with Gasteiger partial charge in [-0.2, -0.15) is 0 Å². The number of hydrogen-bond donors (Lipinski definition) is 2. The molecular weight excluding hydrogens is 376 g/mol. The molecule has 2 aromatic rings. The minimum absolute atomic E-state index is 0.243. The number of carbonyl (C=O) groups excluding carboxylic acids is 2. The molecule has 30 heavy (non-hydrogen) atoms. The van der Waals surface area contributed by atoms with Crippen LogP contribution in [0.2, 0.25) is 0 Å². The Morgan fingerprint density at radius 2 is 1.73 bits per heavy atom. The average Bonchev–Trinajstić information content (AvgIpc) is 2.87. The summed E-state index contributed by atoms with van der Waals surface area (Å²) in [6.07, 6.45) is 4.75. The van der Waals surface area contributed by atoms with E-state index in [1.54, 1.807) is 11.9 Å². The second-order valence-corrected chi connectivity index (χ2v) is 8.13. The number of nitrogens with one attached hydrogen (secondary N) is 2. The summed E-state index contributed by atoms with van der Waals surface area (Å²) >= 11 is 0. The van der Waals surface area contributed by atoms with Gasteiger partial charge in [-0.3, -0.25) is 9.79 Å². The van der Waals surface area contributed by atoms with Gasteiger partial charge in [0.2, 0.25) is 6.17 Å². The topological polar surface area (TPSA) is 73.8 Å². The summed E-state index contributed by atoms with van der Waals surface area (Å²) in [5.74, 6) is 0.0657. The summed E-state index contributed by atoms with van der Waals surface area (Å²) in [6.45, 7) is 1.99. The molecule has 0 radical (unpaired) electrons. The van der Waals surface area contributed by atoms with Crippen molar-refractivity contribution >= 4 is 29.0 Å². The average molecular weight is 405 g/mol. The normalized spacial score (nSPS) is 19.5. The number of likely N-dealkylation sites (N-methyl/N-ethyl adjacent to an activating group) is 1. The zero-order valence-electron chi connectivity index (χ0n) is 17.5. The second kappa shape index (κ2) is 8.69. The molecule has 6 nitrogen and oxygen atoms in total. The standard InChI is InChI=1S/C24H28N4O2/c1-16-12-14-18(15-13-16)25-24(30)27-22-23(29)28(2)20-11-7-6-10-19(20)21(26-22)17-8-4-3-5-9-17/h6-7,10-15,17,22H,3-5,8-9H2,1-2H3,(H2,25,27,30)/t22-/m0/s1. The van der Waals surface area contributed by atoms with Crippen LogP contribution in [0, 0.1) is 12.8 Å². The SMILES string of the molecule is Cc1ccc(NC(=O)N[C@@H]2N=C(C3CCCCC3)c3ccccc3N(C)C2=O)cc1. The maximum absolute atomic E-state index is 13.1. The van der Waals surface area contributed by atoms with Crippen LogP contribution in [-0.2, 0) is 4.79 Å². The predicted octanol–water partition coefficient (Wildman–Crippen LogP) is 4.49. The van der Waals surface area contributed by atoms with Crippen LogP contribution < -0.4 is 15.5 Å². The first kappa shape index (κ1) is 20.1. The van der Waals surface area contributed by atoms with Crippen LogP contribution in [0.15, 0.2) is 53.5 Å². The highest BCUT2D eigenvalue weighted by molar-refractivity contribution is 6.14. The lowest BCUT2D eigenvalue weighted by Crippen LogP contribution is -2.47. The lowest BCUT2D eigenvalue weighted by Gasteiger charge is -2.25. The number of aryl methyl sites for hydroxylation is 1. The van der Waals surface area contributed by atoms with Crippen LogP contribution in [-0.4, -0.2) is 30.9 Å². The van der Waals surface area contributed by atoms with Crippen LogP contribution in [0.5, 0.6) is 0 Å². The number of urea groups is 1. The van der Waals surface area contributed by atoms with Crippen molar-refractivity contribution in [3.05, 3.63) is 59.7 Å². The van der Waals surface area contributed by atoms with Crippen molar-refractivity contribution in [2.24, 2.45) is 10.9 Å². The number of fused-ring (bicyclic) bond motifs is 1. The van der Waals surface area contributed by atoms with E-state index in [4.69, 9.17) is 4.99 Å².